The standard InChI is InChI=1S/C14H23NO3S2/c1-8(2)13(12-7-9(3)19-10(12)4)15-14(16)11(5)20(6,17)18/h7-8,11,13H,1-6H3,(H,15,16)/t11-,13-/m0/s1. The van der Waals surface area contributed by atoms with Crippen LogP contribution in [0.1, 0.15) is 42.1 Å². The lowest BCUT2D eigenvalue weighted by Gasteiger charge is -2.24. The van der Waals surface area contributed by atoms with Crippen molar-refractivity contribution in [2.24, 2.45) is 5.92 Å². The quantitative estimate of drug-likeness (QED) is 0.908. The molecule has 1 aromatic heterocycles. The topological polar surface area (TPSA) is 63.2 Å². The van der Waals surface area contributed by atoms with Crippen molar-refractivity contribution in [3.05, 3.63) is 21.4 Å². The van der Waals surface area contributed by atoms with Gasteiger partial charge in [0.1, 0.15) is 5.25 Å². The van der Waals surface area contributed by atoms with Gasteiger partial charge in [-0.2, -0.15) is 0 Å². The Kier molecular flexibility index (Phi) is 5.38. The van der Waals surface area contributed by atoms with Crippen LogP contribution in [0.2, 0.25) is 0 Å². The van der Waals surface area contributed by atoms with Gasteiger partial charge in [0.15, 0.2) is 9.84 Å². The number of sulfone groups is 1. The Morgan fingerprint density at radius 1 is 1.25 bits per heavy atom. The van der Waals surface area contributed by atoms with Crippen molar-refractivity contribution in [2.75, 3.05) is 6.26 Å². The van der Waals surface area contributed by atoms with Gasteiger partial charge in [-0.05, 0) is 38.3 Å². The number of rotatable bonds is 5. The van der Waals surface area contributed by atoms with E-state index in [1.807, 2.05) is 27.7 Å². The van der Waals surface area contributed by atoms with Gasteiger partial charge >= 0.3 is 0 Å². The van der Waals surface area contributed by atoms with Crippen molar-refractivity contribution >= 4 is 27.1 Å². The van der Waals surface area contributed by atoms with E-state index in [0.717, 1.165) is 16.7 Å². The van der Waals surface area contributed by atoms with Crippen LogP contribution in [-0.2, 0) is 14.6 Å². The van der Waals surface area contributed by atoms with Gasteiger partial charge in [0.05, 0.1) is 6.04 Å². The van der Waals surface area contributed by atoms with E-state index < -0.39 is 21.0 Å². The summed E-state index contributed by atoms with van der Waals surface area (Å²) in [7, 11) is -3.37. The first-order valence-electron chi connectivity index (χ1n) is 6.60. The zero-order chi connectivity index (χ0) is 15.7. The molecule has 6 heteroatoms. The second-order valence-corrected chi connectivity index (χ2v) is 9.40. The van der Waals surface area contributed by atoms with Crippen molar-refractivity contribution in [3.8, 4) is 0 Å². The Morgan fingerprint density at radius 2 is 1.80 bits per heavy atom. The molecule has 0 aromatic carbocycles. The fraction of sp³-hybridized carbons (Fsp3) is 0.643. The van der Waals surface area contributed by atoms with Crippen LogP contribution < -0.4 is 5.32 Å². The van der Waals surface area contributed by atoms with Crippen LogP contribution in [0, 0.1) is 19.8 Å². The molecular formula is C14H23NO3S2. The average molecular weight is 317 g/mol. The van der Waals surface area contributed by atoms with Crippen molar-refractivity contribution in [1.82, 2.24) is 5.32 Å². The fourth-order valence-corrected chi connectivity index (χ4v) is 3.46. The third-order valence-electron chi connectivity index (χ3n) is 3.39. The minimum Gasteiger partial charge on any atom is -0.348 e. The maximum Gasteiger partial charge on any atom is 0.238 e. The number of carbonyl (C=O) groups excluding carboxylic acids is 1. The van der Waals surface area contributed by atoms with E-state index in [-0.39, 0.29) is 12.0 Å². The smallest absolute Gasteiger partial charge is 0.238 e. The molecule has 0 fully saturated rings. The van der Waals surface area contributed by atoms with Crippen molar-refractivity contribution < 1.29 is 13.2 Å². The van der Waals surface area contributed by atoms with E-state index in [2.05, 4.69) is 11.4 Å². The molecule has 0 radical (unpaired) electrons. The number of carbonyl (C=O) groups is 1. The van der Waals surface area contributed by atoms with E-state index in [1.165, 1.54) is 11.8 Å². The van der Waals surface area contributed by atoms with E-state index in [4.69, 9.17) is 0 Å². The minimum absolute atomic E-state index is 0.156. The maximum absolute atomic E-state index is 12.1. The summed E-state index contributed by atoms with van der Waals surface area (Å²) in [6.07, 6.45) is 1.08. The molecule has 20 heavy (non-hydrogen) atoms. The third kappa shape index (κ3) is 4.06. The monoisotopic (exact) mass is 317 g/mol. The van der Waals surface area contributed by atoms with Crippen LogP contribution in [0.15, 0.2) is 6.07 Å². The largest absolute Gasteiger partial charge is 0.348 e. The van der Waals surface area contributed by atoms with Crippen LogP contribution in [0.5, 0.6) is 0 Å². The second-order valence-electron chi connectivity index (χ2n) is 5.57. The lowest BCUT2D eigenvalue weighted by Crippen LogP contribution is -2.41. The summed E-state index contributed by atoms with van der Waals surface area (Å²) >= 11 is 1.69. The summed E-state index contributed by atoms with van der Waals surface area (Å²) in [5.41, 5.74) is 1.08. The zero-order valence-corrected chi connectivity index (χ0v) is 14.5. The van der Waals surface area contributed by atoms with E-state index >= 15 is 0 Å². The summed E-state index contributed by atoms with van der Waals surface area (Å²) in [5, 5.41) is 1.86. The molecule has 1 amide bonds. The van der Waals surface area contributed by atoms with Gasteiger partial charge in [0.25, 0.3) is 0 Å². The molecule has 2 atom stereocenters. The average Bonchev–Trinajstić information content (AvgIpc) is 2.62. The maximum atomic E-state index is 12.1. The Morgan fingerprint density at radius 3 is 2.15 bits per heavy atom. The summed E-state index contributed by atoms with van der Waals surface area (Å²) in [6.45, 7) is 9.51. The SMILES string of the molecule is Cc1cc([C@@H](NC(=O)[C@H](C)S(C)(=O)=O)C(C)C)c(C)s1. The molecule has 0 aliphatic rings. The van der Waals surface area contributed by atoms with Crippen LogP contribution in [-0.4, -0.2) is 25.8 Å². The highest BCUT2D eigenvalue weighted by Crippen LogP contribution is 2.30. The van der Waals surface area contributed by atoms with Crippen LogP contribution in [0.25, 0.3) is 0 Å². The molecule has 1 rings (SSSR count). The fourth-order valence-electron chi connectivity index (χ4n) is 2.03. The van der Waals surface area contributed by atoms with Gasteiger partial charge in [0.2, 0.25) is 5.91 Å². The summed E-state index contributed by atoms with van der Waals surface area (Å²) in [6, 6.07) is 1.91. The number of amides is 1. The van der Waals surface area contributed by atoms with E-state index in [0.29, 0.717) is 0 Å². The highest BCUT2D eigenvalue weighted by Gasteiger charge is 2.28. The molecule has 1 aromatic rings. The molecule has 0 spiro atoms. The Hall–Kier alpha value is -0.880. The molecule has 1 N–H and O–H groups in total. The summed E-state index contributed by atoms with van der Waals surface area (Å²) < 4.78 is 22.9. The Labute approximate surface area is 125 Å². The molecule has 114 valence electrons. The highest BCUT2D eigenvalue weighted by atomic mass is 32.2. The van der Waals surface area contributed by atoms with E-state index in [1.54, 1.807) is 11.3 Å². The number of aryl methyl sites for hydroxylation is 2. The number of hydrogen-bond acceptors (Lipinski definition) is 4. The molecule has 0 saturated heterocycles. The van der Waals surface area contributed by atoms with Crippen LogP contribution >= 0.6 is 11.3 Å². The predicted octanol–water partition coefficient (Wildman–Crippen LogP) is 2.61. The van der Waals surface area contributed by atoms with Crippen molar-refractivity contribution in [1.29, 1.82) is 0 Å². The second kappa shape index (κ2) is 6.26. The van der Waals surface area contributed by atoms with Gasteiger partial charge in [-0.15, -0.1) is 11.3 Å². The third-order valence-corrected chi connectivity index (χ3v) is 5.87. The summed E-state index contributed by atoms with van der Waals surface area (Å²) in [4.78, 5) is 14.5. The first-order chi connectivity index (χ1) is 9.04. The summed E-state index contributed by atoms with van der Waals surface area (Å²) in [5.74, 6) is -0.243. The molecule has 0 saturated carbocycles. The van der Waals surface area contributed by atoms with Gasteiger partial charge in [0, 0.05) is 16.0 Å². The Bertz CT molecular complexity index is 588. The Balaban J connectivity index is 3.01. The van der Waals surface area contributed by atoms with E-state index in [9.17, 15) is 13.2 Å². The van der Waals surface area contributed by atoms with Crippen molar-refractivity contribution in [3.63, 3.8) is 0 Å². The molecule has 0 bridgehead atoms. The van der Waals surface area contributed by atoms with Gasteiger partial charge < -0.3 is 5.32 Å². The minimum atomic E-state index is -3.37. The molecular weight excluding hydrogens is 294 g/mol. The van der Waals surface area contributed by atoms with Crippen LogP contribution in [0.4, 0.5) is 0 Å². The first kappa shape index (κ1) is 17.2. The molecule has 0 aliphatic carbocycles. The first-order valence-corrected chi connectivity index (χ1v) is 9.37. The lowest BCUT2D eigenvalue weighted by molar-refractivity contribution is -0.121. The van der Waals surface area contributed by atoms with Gasteiger partial charge in [-0.25, -0.2) is 8.42 Å². The number of hydrogen-bond donors (Lipinski definition) is 1. The molecule has 4 nitrogen and oxygen atoms in total. The molecule has 0 aliphatic heterocycles. The highest BCUT2D eigenvalue weighted by molar-refractivity contribution is 7.92. The number of nitrogens with one attached hydrogen (secondary N) is 1. The van der Waals surface area contributed by atoms with Gasteiger partial charge in [-0.3, -0.25) is 4.79 Å². The normalized spacial score (nSPS) is 15.2. The lowest BCUT2D eigenvalue weighted by atomic mass is 9.96. The number of thiophene rings is 1. The van der Waals surface area contributed by atoms with Crippen LogP contribution in [0.3, 0.4) is 0 Å². The molecule has 0 unspecified atom stereocenters. The van der Waals surface area contributed by atoms with Gasteiger partial charge in [-0.1, -0.05) is 13.8 Å². The molecule has 1 heterocycles. The zero-order valence-electron chi connectivity index (χ0n) is 12.9. The predicted molar refractivity (Wildman–Crippen MR) is 83.8 cm³/mol. The van der Waals surface area contributed by atoms with Crippen molar-refractivity contribution in [2.45, 2.75) is 45.9 Å².